The lowest BCUT2D eigenvalue weighted by Gasteiger charge is -2.49. The Balaban J connectivity index is 0.806. The van der Waals surface area contributed by atoms with E-state index in [4.69, 9.17) is 14.7 Å². The van der Waals surface area contributed by atoms with Crippen molar-refractivity contribution in [2.45, 2.75) is 88.5 Å². The van der Waals surface area contributed by atoms with Crippen LogP contribution in [-0.2, 0) is 19.9 Å². The highest BCUT2D eigenvalue weighted by molar-refractivity contribution is 5.91. The molecule has 5 heterocycles. The van der Waals surface area contributed by atoms with Crippen molar-refractivity contribution in [3.63, 3.8) is 0 Å². The number of amides is 2. The second kappa shape index (κ2) is 16.4. The van der Waals surface area contributed by atoms with Crippen LogP contribution in [0, 0.1) is 11.3 Å². The number of hydrogen-bond acceptors (Lipinski definition) is 8. The van der Waals surface area contributed by atoms with Gasteiger partial charge < -0.3 is 29.5 Å². The molecule has 5 aliphatic rings. The smallest absolute Gasteiger partial charge is 0.422 e. The normalized spacial score (nSPS) is 24.7. The van der Waals surface area contributed by atoms with E-state index >= 15 is 0 Å². The molecular formula is C52H56N8O5. The minimum Gasteiger partial charge on any atom is -0.464 e. The van der Waals surface area contributed by atoms with Gasteiger partial charge in [-0.2, -0.15) is 5.01 Å². The number of fused-ring (bicyclic) bond motifs is 3. The zero-order chi connectivity index (χ0) is 44.5. The largest absolute Gasteiger partial charge is 0.464 e. The van der Waals surface area contributed by atoms with E-state index in [1.54, 1.807) is 6.92 Å². The number of carbonyl (C=O) groups is 3. The zero-order valence-electron chi connectivity index (χ0n) is 37.0. The Bertz CT molecular complexity index is 2740. The number of aromatic nitrogens is 4. The molecule has 3 N–H and O–H groups in total. The maximum absolute atomic E-state index is 14.7. The molecule has 11 rings (SSSR count). The number of morpholine rings is 1. The Kier molecular flexibility index (Phi) is 10.5. The van der Waals surface area contributed by atoms with Crippen molar-refractivity contribution in [2.75, 3.05) is 32.8 Å². The summed E-state index contributed by atoms with van der Waals surface area (Å²) < 4.78 is 5.68. The van der Waals surface area contributed by atoms with E-state index in [9.17, 15) is 19.5 Å². The molecule has 13 nitrogen and oxygen atoms in total. The van der Waals surface area contributed by atoms with Gasteiger partial charge in [0.05, 0.1) is 54.6 Å². The number of imidazole rings is 2. The van der Waals surface area contributed by atoms with Crippen molar-refractivity contribution in [2.24, 2.45) is 11.3 Å². The molecule has 13 heteroatoms. The Morgan fingerprint density at radius 3 is 2.28 bits per heavy atom. The fourth-order valence-corrected chi connectivity index (χ4v) is 11.7. The van der Waals surface area contributed by atoms with Gasteiger partial charge in [-0.15, -0.1) is 0 Å². The number of piperidine rings is 1. The van der Waals surface area contributed by atoms with Crippen LogP contribution in [0.15, 0.2) is 103 Å². The zero-order valence-corrected chi connectivity index (χ0v) is 37.0. The van der Waals surface area contributed by atoms with Gasteiger partial charge >= 0.3 is 6.09 Å². The number of H-pyrrole nitrogens is 2. The second-order valence-electron chi connectivity index (χ2n) is 19.4. The van der Waals surface area contributed by atoms with E-state index < -0.39 is 17.7 Å². The molecule has 3 aliphatic heterocycles. The summed E-state index contributed by atoms with van der Waals surface area (Å²) in [6.45, 7) is 7.37. The number of rotatable bonds is 12. The van der Waals surface area contributed by atoms with E-state index in [1.165, 1.54) is 5.01 Å². The maximum Gasteiger partial charge on any atom is 0.422 e. The first-order valence-corrected chi connectivity index (χ1v) is 23.3. The van der Waals surface area contributed by atoms with Crippen LogP contribution in [0.1, 0.15) is 88.1 Å². The number of hydrogen-bond donors (Lipinski definition) is 3. The van der Waals surface area contributed by atoms with Crippen LogP contribution in [-0.4, -0.2) is 108 Å². The van der Waals surface area contributed by atoms with Crippen LogP contribution < -0.4 is 0 Å². The van der Waals surface area contributed by atoms with Crippen LogP contribution in [0.25, 0.3) is 44.4 Å². The molecule has 6 atom stereocenters. The fraction of sp³-hybridized carbons (Fsp3) is 0.404. The van der Waals surface area contributed by atoms with Gasteiger partial charge in [-0.05, 0) is 109 Å². The first kappa shape index (κ1) is 41.5. The molecule has 2 amide bonds. The van der Waals surface area contributed by atoms with E-state index in [0.717, 1.165) is 126 Å². The lowest BCUT2D eigenvalue weighted by atomic mass is 9.84. The van der Waals surface area contributed by atoms with Gasteiger partial charge in [0.2, 0.25) is 5.91 Å². The Hall–Kier alpha value is -6.15. The minimum absolute atomic E-state index is 0.0798. The van der Waals surface area contributed by atoms with E-state index in [0.29, 0.717) is 13.2 Å². The summed E-state index contributed by atoms with van der Waals surface area (Å²) in [5.41, 5.74) is 6.62. The average Bonchev–Trinajstić information content (AvgIpc) is 3.95. The van der Waals surface area contributed by atoms with Gasteiger partial charge in [0, 0.05) is 37.7 Å². The molecule has 1 unspecified atom stereocenters. The Morgan fingerprint density at radius 2 is 1.55 bits per heavy atom. The first-order valence-electron chi connectivity index (χ1n) is 23.3. The van der Waals surface area contributed by atoms with Crippen LogP contribution in [0.3, 0.4) is 0 Å². The van der Waals surface area contributed by atoms with Gasteiger partial charge in [0.25, 0.3) is 0 Å². The average molecular weight is 873 g/mol. The third kappa shape index (κ3) is 7.33. The third-order valence-corrected chi connectivity index (χ3v) is 15.5. The van der Waals surface area contributed by atoms with Gasteiger partial charge in [-0.25, -0.2) is 19.8 Å². The lowest BCUT2D eigenvalue weighted by Crippen LogP contribution is -2.61. The van der Waals surface area contributed by atoms with Crippen molar-refractivity contribution in [3.8, 4) is 33.6 Å². The number of nitrogens with one attached hydrogen (secondary N) is 2. The van der Waals surface area contributed by atoms with Crippen LogP contribution in [0.5, 0.6) is 0 Å². The van der Waals surface area contributed by atoms with Crippen molar-refractivity contribution in [3.05, 3.63) is 121 Å². The van der Waals surface area contributed by atoms with Gasteiger partial charge in [-0.1, -0.05) is 78.9 Å². The molecule has 2 aliphatic carbocycles. The van der Waals surface area contributed by atoms with Crippen molar-refractivity contribution in [1.82, 2.24) is 39.8 Å². The predicted molar refractivity (Wildman–Crippen MR) is 247 cm³/mol. The van der Waals surface area contributed by atoms with Gasteiger partial charge in [0.1, 0.15) is 24.0 Å². The first-order chi connectivity index (χ1) is 31.6. The number of carboxylic acid groups (broad SMARTS) is 1. The van der Waals surface area contributed by atoms with E-state index in [-0.39, 0.29) is 41.8 Å². The number of aldehydes is 1. The van der Waals surface area contributed by atoms with Crippen molar-refractivity contribution >= 4 is 29.1 Å². The molecule has 3 saturated heterocycles. The molecular weight excluding hydrogens is 817 g/mol. The topological polar surface area (TPSA) is 151 Å². The molecule has 65 heavy (non-hydrogen) atoms. The molecule has 1 spiro atoms. The van der Waals surface area contributed by atoms with Crippen molar-refractivity contribution in [1.29, 1.82) is 0 Å². The SMILES string of the molecule is CC(CC=O)N(C(=O)O)N1[C@@H]2CC[C@@H](C2)[C@@]1(C)c1ncc(-c2ccc(-c3ccc4cc(-c5cnc([C@@H]6CC7(CC7)CN6C(=O)[C@H](c6ccccc6)N6CCOCC6)[nH]5)ccc4c3)cc2)[nH]1. The number of hydrazine groups is 1. The predicted octanol–water partition coefficient (Wildman–Crippen LogP) is 8.99. The number of ether oxygens (including phenoxy) is 1. The highest BCUT2D eigenvalue weighted by Gasteiger charge is 2.60. The third-order valence-electron chi connectivity index (χ3n) is 15.5. The lowest BCUT2D eigenvalue weighted by molar-refractivity contribution is -0.140. The minimum atomic E-state index is -1.05. The van der Waals surface area contributed by atoms with E-state index in [2.05, 4.69) is 99.5 Å². The summed E-state index contributed by atoms with van der Waals surface area (Å²) in [5, 5.41) is 15.9. The number of benzene rings is 4. The summed E-state index contributed by atoms with van der Waals surface area (Å²) in [6.07, 6.45) is 9.69. The van der Waals surface area contributed by atoms with Gasteiger partial charge in [0.15, 0.2) is 0 Å². The summed E-state index contributed by atoms with van der Waals surface area (Å²) >= 11 is 0. The van der Waals surface area contributed by atoms with Gasteiger partial charge in [-0.3, -0.25) is 9.69 Å². The number of aromatic amines is 2. The molecule has 5 fully saturated rings. The number of likely N-dealkylation sites (tertiary alicyclic amines) is 1. The molecule has 2 bridgehead atoms. The quantitative estimate of drug-likeness (QED) is 0.102. The fourth-order valence-electron chi connectivity index (χ4n) is 11.7. The molecule has 0 radical (unpaired) electrons. The van der Waals surface area contributed by atoms with Crippen LogP contribution in [0.2, 0.25) is 0 Å². The number of nitrogens with zero attached hydrogens (tertiary/aromatic N) is 6. The summed E-state index contributed by atoms with van der Waals surface area (Å²) in [4.78, 5) is 60.2. The summed E-state index contributed by atoms with van der Waals surface area (Å²) in [5.74, 6) is 1.99. The highest BCUT2D eigenvalue weighted by atomic mass is 16.5. The molecule has 334 valence electrons. The second-order valence-corrected chi connectivity index (χ2v) is 19.4. The molecule has 4 aromatic carbocycles. The maximum atomic E-state index is 14.7. The molecule has 2 aromatic heterocycles. The number of carbonyl (C=O) groups excluding carboxylic acids is 2. The Morgan fingerprint density at radius 1 is 0.877 bits per heavy atom. The molecule has 6 aromatic rings. The summed E-state index contributed by atoms with van der Waals surface area (Å²) in [7, 11) is 0. The van der Waals surface area contributed by atoms with Crippen molar-refractivity contribution < 1.29 is 24.2 Å². The monoisotopic (exact) mass is 872 g/mol. The van der Waals surface area contributed by atoms with E-state index in [1.807, 2.05) is 35.6 Å². The van der Waals surface area contributed by atoms with Crippen LogP contribution in [0.4, 0.5) is 4.79 Å². The summed E-state index contributed by atoms with van der Waals surface area (Å²) in [6, 6.07) is 30.9. The van der Waals surface area contributed by atoms with Crippen LogP contribution >= 0.6 is 0 Å². The highest BCUT2D eigenvalue weighted by Crippen LogP contribution is 2.59. The Labute approximate surface area is 378 Å². The standard InChI is InChI=1S/C52H56N8O5/c1-33(18-23-61)59(50(63)64)60-42-17-16-41(28-42)51(60,2)49-54-31-43(56-49)35-10-8-34(9-11-35)37-12-13-39-27-40(15-14-38(39)26-37)44-30-53-47(55-44)45-29-52(19-20-52)32-58(45)48(62)46(36-6-4-3-5-7-36)57-21-24-65-25-22-57/h3-15,23,26-27,30-31,33,41-42,45-46H,16-22,24-25,28-29,32H2,1-2H3,(H,53,55)(H,54,56)(H,63,64)/t33?,41-,42+,45-,46-,51-/m0/s1. The molecule has 2 saturated carbocycles.